The molecule has 10 heteroatoms. The van der Waals surface area contributed by atoms with Crippen LogP contribution in [-0.2, 0) is 0 Å². The Bertz CT molecular complexity index is 849. The standard InChI is InChI=1S/C10H6N6O4/c17-7-8(18)14-10(13-7)15-9-11-5-2-1-4(16(19)20)3-6(5)12-9/h1-3,17-18H,(H,13,14). The Morgan fingerprint density at radius 3 is 2.65 bits per heavy atom. The molecule has 1 aliphatic rings. The summed E-state index contributed by atoms with van der Waals surface area (Å²) in [6, 6.07) is 4.04. The van der Waals surface area contributed by atoms with E-state index in [4.69, 9.17) is 10.2 Å². The molecule has 0 radical (unpaired) electrons. The molecule has 20 heavy (non-hydrogen) atoms. The number of aromatic hydroxyl groups is 2. The van der Waals surface area contributed by atoms with Crippen molar-refractivity contribution in [2.75, 3.05) is 0 Å². The van der Waals surface area contributed by atoms with Crippen LogP contribution < -0.4 is 10.7 Å². The summed E-state index contributed by atoms with van der Waals surface area (Å²) in [6.07, 6.45) is 0. The average Bonchev–Trinajstić information content (AvgIpc) is 2.92. The van der Waals surface area contributed by atoms with E-state index in [1.165, 1.54) is 18.2 Å². The highest BCUT2D eigenvalue weighted by Crippen LogP contribution is 2.24. The molecule has 1 aromatic carbocycles. The van der Waals surface area contributed by atoms with E-state index in [-0.39, 0.29) is 17.6 Å². The van der Waals surface area contributed by atoms with Crippen molar-refractivity contribution in [2.24, 2.45) is 15.0 Å². The lowest BCUT2D eigenvalue weighted by molar-refractivity contribution is -0.385. The fraction of sp³-hybridized carbons (Fsp3) is 0. The number of aliphatic imine (C=N–C) groups is 1. The van der Waals surface area contributed by atoms with Crippen molar-refractivity contribution < 1.29 is 15.1 Å². The van der Waals surface area contributed by atoms with Gasteiger partial charge in [-0.3, -0.25) is 15.1 Å². The maximum Gasteiger partial charge on any atom is 0.276 e. The first kappa shape index (κ1) is 11.8. The van der Waals surface area contributed by atoms with Crippen LogP contribution in [0.3, 0.4) is 0 Å². The summed E-state index contributed by atoms with van der Waals surface area (Å²) >= 11 is 0. The number of hydrogen-bond acceptors (Lipinski definition) is 6. The number of nitrogens with zero attached hydrogens (tertiary/aromatic N) is 5. The number of non-ortho nitro benzene ring substituents is 1. The van der Waals surface area contributed by atoms with Crippen molar-refractivity contribution in [1.82, 2.24) is 9.97 Å². The Hall–Kier alpha value is -3.30. The van der Waals surface area contributed by atoms with Gasteiger partial charge in [-0.15, -0.1) is 0 Å². The van der Waals surface area contributed by atoms with E-state index in [2.05, 4.69) is 24.9 Å². The molecule has 1 aliphatic heterocycles. The van der Waals surface area contributed by atoms with Crippen LogP contribution in [-0.4, -0.2) is 31.1 Å². The van der Waals surface area contributed by atoms with Crippen LogP contribution in [0.5, 0.6) is 11.8 Å². The SMILES string of the molecule is O=[N+]([O-])c1ccc2c(c1)=NC(=Nc1nc(O)c(O)[nH]1)N=2. The van der Waals surface area contributed by atoms with Crippen molar-refractivity contribution in [3.05, 3.63) is 39.0 Å². The molecule has 0 bridgehead atoms. The number of rotatable bonds is 2. The second-order valence-electron chi connectivity index (χ2n) is 3.80. The zero-order valence-electron chi connectivity index (χ0n) is 9.68. The van der Waals surface area contributed by atoms with Gasteiger partial charge in [0.1, 0.15) is 0 Å². The van der Waals surface area contributed by atoms with Crippen LogP contribution in [0.2, 0.25) is 0 Å². The molecule has 0 unspecified atom stereocenters. The third kappa shape index (κ3) is 1.94. The van der Waals surface area contributed by atoms with Crippen molar-refractivity contribution in [3.63, 3.8) is 0 Å². The second-order valence-corrected chi connectivity index (χ2v) is 3.80. The number of aromatic amines is 1. The van der Waals surface area contributed by atoms with E-state index in [1.807, 2.05) is 0 Å². The average molecular weight is 274 g/mol. The summed E-state index contributed by atoms with van der Waals surface area (Å²) in [5, 5.41) is 29.6. The zero-order valence-corrected chi connectivity index (χ0v) is 9.68. The monoisotopic (exact) mass is 274 g/mol. The number of nitro groups is 1. The number of guanidine groups is 1. The normalized spacial score (nSPS) is 14.7. The number of nitro benzene ring substituents is 1. The Morgan fingerprint density at radius 2 is 2.00 bits per heavy atom. The number of H-pyrrole nitrogens is 1. The number of hydrogen-bond donors (Lipinski definition) is 3. The summed E-state index contributed by atoms with van der Waals surface area (Å²) in [4.78, 5) is 27.8. The van der Waals surface area contributed by atoms with Gasteiger partial charge in [-0.2, -0.15) is 9.98 Å². The van der Waals surface area contributed by atoms with Gasteiger partial charge in [-0.05, 0) is 6.07 Å². The van der Waals surface area contributed by atoms with Crippen LogP contribution in [0.4, 0.5) is 11.6 Å². The lowest BCUT2D eigenvalue weighted by Gasteiger charge is -1.86. The van der Waals surface area contributed by atoms with Crippen LogP contribution in [0.15, 0.2) is 33.2 Å². The molecule has 1 aromatic heterocycles. The lowest BCUT2D eigenvalue weighted by atomic mass is 10.3. The van der Waals surface area contributed by atoms with E-state index in [0.717, 1.165) is 0 Å². The third-order valence-corrected chi connectivity index (χ3v) is 2.47. The third-order valence-electron chi connectivity index (χ3n) is 2.47. The van der Waals surface area contributed by atoms with Gasteiger partial charge in [0.2, 0.25) is 5.95 Å². The first-order valence-electron chi connectivity index (χ1n) is 5.31. The van der Waals surface area contributed by atoms with E-state index in [1.54, 1.807) is 0 Å². The molecule has 2 aromatic rings. The highest BCUT2D eigenvalue weighted by Gasteiger charge is 2.12. The van der Waals surface area contributed by atoms with E-state index < -0.39 is 16.7 Å². The molecular weight excluding hydrogens is 268 g/mol. The van der Waals surface area contributed by atoms with Gasteiger partial charge in [-0.1, -0.05) is 0 Å². The number of imidazole rings is 1. The molecule has 0 saturated carbocycles. The van der Waals surface area contributed by atoms with Crippen molar-refractivity contribution >= 4 is 17.6 Å². The zero-order chi connectivity index (χ0) is 14.3. The Morgan fingerprint density at radius 1 is 1.25 bits per heavy atom. The molecule has 2 heterocycles. The summed E-state index contributed by atoms with van der Waals surface area (Å²) in [5.74, 6) is -1.18. The Balaban J connectivity index is 2.04. The van der Waals surface area contributed by atoms with Crippen LogP contribution in [0, 0.1) is 10.1 Å². The molecule has 0 spiro atoms. The molecule has 0 atom stereocenters. The summed E-state index contributed by atoms with van der Waals surface area (Å²) in [5.41, 5.74) is -0.0998. The first-order chi connectivity index (χ1) is 9.52. The predicted octanol–water partition coefficient (Wildman–Crippen LogP) is -0.330. The van der Waals surface area contributed by atoms with E-state index >= 15 is 0 Å². The predicted molar refractivity (Wildman–Crippen MR) is 64.4 cm³/mol. The van der Waals surface area contributed by atoms with Gasteiger partial charge in [0.25, 0.3) is 23.4 Å². The topological polar surface area (TPSA) is 149 Å². The summed E-state index contributed by atoms with van der Waals surface area (Å²) in [6.45, 7) is 0. The number of aromatic nitrogens is 2. The van der Waals surface area contributed by atoms with Gasteiger partial charge in [0.15, 0.2) is 0 Å². The molecule has 10 nitrogen and oxygen atoms in total. The molecular formula is C10H6N6O4. The van der Waals surface area contributed by atoms with Crippen molar-refractivity contribution in [1.29, 1.82) is 0 Å². The minimum atomic E-state index is -0.588. The summed E-state index contributed by atoms with van der Waals surface area (Å²) in [7, 11) is 0. The molecule has 100 valence electrons. The lowest BCUT2D eigenvalue weighted by Crippen LogP contribution is -2.21. The quantitative estimate of drug-likeness (QED) is 0.506. The number of benzene rings is 1. The van der Waals surface area contributed by atoms with E-state index in [0.29, 0.717) is 10.7 Å². The van der Waals surface area contributed by atoms with E-state index in [9.17, 15) is 10.1 Å². The highest BCUT2D eigenvalue weighted by atomic mass is 16.6. The van der Waals surface area contributed by atoms with Crippen LogP contribution in [0.25, 0.3) is 0 Å². The minimum absolute atomic E-state index is 0.00856. The molecule has 3 rings (SSSR count). The minimum Gasteiger partial charge on any atom is -0.491 e. The molecule has 3 N–H and O–H groups in total. The molecule has 0 amide bonds. The smallest absolute Gasteiger partial charge is 0.276 e. The van der Waals surface area contributed by atoms with Gasteiger partial charge in [-0.25, -0.2) is 9.98 Å². The highest BCUT2D eigenvalue weighted by molar-refractivity contribution is 5.85. The van der Waals surface area contributed by atoms with Gasteiger partial charge >= 0.3 is 0 Å². The van der Waals surface area contributed by atoms with Crippen LogP contribution >= 0.6 is 0 Å². The fourth-order valence-electron chi connectivity index (χ4n) is 1.59. The van der Waals surface area contributed by atoms with Crippen molar-refractivity contribution in [3.8, 4) is 11.8 Å². The number of nitrogens with one attached hydrogen (secondary N) is 1. The summed E-state index contributed by atoms with van der Waals surface area (Å²) < 4.78 is 0. The van der Waals surface area contributed by atoms with Gasteiger partial charge < -0.3 is 10.2 Å². The van der Waals surface area contributed by atoms with Gasteiger partial charge in [0, 0.05) is 12.1 Å². The van der Waals surface area contributed by atoms with Gasteiger partial charge in [0.05, 0.1) is 15.6 Å². The van der Waals surface area contributed by atoms with Crippen LogP contribution in [0.1, 0.15) is 0 Å². The number of fused-ring (bicyclic) bond motifs is 1. The molecule has 0 fully saturated rings. The first-order valence-corrected chi connectivity index (χ1v) is 5.31. The maximum atomic E-state index is 10.6. The largest absolute Gasteiger partial charge is 0.491 e. The Labute approximate surface area is 109 Å². The van der Waals surface area contributed by atoms with Crippen molar-refractivity contribution in [2.45, 2.75) is 0 Å². The molecule has 0 aliphatic carbocycles. The molecule has 0 saturated heterocycles. The second kappa shape index (κ2) is 4.12. The Kier molecular flexibility index (Phi) is 2.42. The fourth-order valence-corrected chi connectivity index (χ4v) is 1.59. The maximum absolute atomic E-state index is 10.6.